The lowest BCUT2D eigenvalue weighted by molar-refractivity contribution is -0.118. The summed E-state index contributed by atoms with van der Waals surface area (Å²) in [6.45, 7) is 0.776. The van der Waals surface area contributed by atoms with Crippen molar-refractivity contribution in [2.75, 3.05) is 11.9 Å². The number of piperidine rings is 1. The number of rotatable bonds is 3. The summed E-state index contributed by atoms with van der Waals surface area (Å²) in [5, 5.41) is 15.1. The van der Waals surface area contributed by atoms with Crippen molar-refractivity contribution in [1.29, 1.82) is 0 Å². The number of nitrogens with one attached hydrogen (secondary N) is 2. The third kappa shape index (κ3) is 3.42. The van der Waals surface area contributed by atoms with Crippen molar-refractivity contribution in [3.05, 3.63) is 27.7 Å². The number of anilines is 1. The number of benzene rings is 1. The molecule has 3 N–H and O–H groups in total. The molecule has 1 atom stereocenters. The van der Waals surface area contributed by atoms with Gasteiger partial charge in [0, 0.05) is 5.02 Å². The molecule has 20 heavy (non-hydrogen) atoms. The van der Waals surface area contributed by atoms with Gasteiger partial charge in [0.2, 0.25) is 5.91 Å². The van der Waals surface area contributed by atoms with Crippen molar-refractivity contribution in [2.24, 2.45) is 0 Å². The topological polar surface area (TPSA) is 78.4 Å². The maximum Gasteiger partial charge on any atom is 0.337 e. The molecule has 1 aromatic carbocycles. The average Bonchev–Trinajstić information content (AvgIpc) is 2.42. The van der Waals surface area contributed by atoms with E-state index in [0.717, 1.165) is 25.8 Å². The molecule has 0 aromatic heterocycles. The molecule has 1 saturated heterocycles. The number of carboxylic acid groups (broad SMARTS) is 1. The first-order valence-corrected chi connectivity index (χ1v) is 7.01. The van der Waals surface area contributed by atoms with E-state index in [1.807, 2.05) is 0 Å². The van der Waals surface area contributed by atoms with Crippen molar-refractivity contribution in [1.82, 2.24) is 5.32 Å². The van der Waals surface area contributed by atoms with Gasteiger partial charge in [-0.05, 0) is 31.5 Å². The van der Waals surface area contributed by atoms with Gasteiger partial charge in [0.15, 0.2) is 0 Å². The number of amides is 1. The molecule has 0 unspecified atom stereocenters. The fourth-order valence-corrected chi connectivity index (χ4v) is 2.70. The molecule has 0 aliphatic carbocycles. The van der Waals surface area contributed by atoms with Crippen LogP contribution in [0.1, 0.15) is 29.6 Å². The summed E-state index contributed by atoms with van der Waals surface area (Å²) in [5.74, 6) is -1.47. The number of aromatic carboxylic acids is 1. The molecule has 0 saturated carbocycles. The molecule has 1 amide bonds. The zero-order valence-corrected chi connectivity index (χ0v) is 12.1. The molecule has 1 aliphatic heterocycles. The minimum absolute atomic E-state index is 0.0842. The lowest BCUT2D eigenvalue weighted by Gasteiger charge is -2.23. The smallest absolute Gasteiger partial charge is 0.337 e. The van der Waals surface area contributed by atoms with Gasteiger partial charge in [-0.1, -0.05) is 29.6 Å². The summed E-state index contributed by atoms with van der Waals surface area (Å²) in [6.07, 6.45) is 2.72. The second kappa shape index (κ2) is 6.43. The summed E-state index contributed by atoms with van der Waals surface area (Å²) < 4.78 is 0. The second-order valence-electron chi connectivity index (χ2n) is 4.61. The van der Waals surface area contributed by atoms with E-state index in [4.69, 9.17) is 28.3 Å². The molecule has 1 aromatic rings. The molecular weight excluding hydrogens is 303 g/mol. The normalized spacial score (nSPS) is 18.6. The van der Waals surface area contributed by atoms with Crippen LogP contribution in [0.5, 0.6) is 0 Å². The minimum atomic E-state index is -1.19. The number of hydrogen-bond donors (Lipinski definition) is 3. The zero-order chi connectivity index (χ0) is 14.7. The van der Waals surface area contributed by atoms with E-state index in [1.54, 1.807) is 0 Å². The zero-order valence-electron chi connectivity index (χ0n) is 10.6. The highest BCUT2D eigenvalue weighted by Crippen LogP contribution is 2.30. The van der Waals surface area contributed by atoms with Crippen LogP contribution in [0, 0.1) is 0 Å². The molecule has 0 bridgehead atoms. The van der Waals surface area contributed by atoms with Gasteiger partial charge in [0.05, 0.1) is 22.3 Å². The Hall–Kier alpha value is -1.30. The van der Waals surface area contributed by atoms with Crippen LogP contribution in [0.3, 0.4) is 0 Å². The summed E-state index contributed by atoms with van der Waals surface area (Å²) in [4.78, 5) is 23.3. The number of carbonyl (C=O) groups excluding carboxylic acids is 1. The lowest BCUT2D eigenvalue weighted by Crippen LogP contribution is -2.43. The summed E-state index contributed by atoms with van der Waals surface area (Å²) in [7, 11) is 0. The van der Waals surface area contributed by atoms with E-state index >= 15 is 0 Å². The Bertz CT molecular complexity index is 543. The van der Waals surface area contributed by atoms with E-state index in [2.05, 4.69) is 10.6 Å². The summed E-state index contributed by atoms with van der Waals surface area (Å²) >= 11 is 11.8. The van der Waals surface area contributed by atoms with Gasteiger partial charge < -0.3 is 15.7 Å². The third-order valence-electron chi connectivity index (χ3n) is 3.16. The van der Waals surface area contributed by atoms with Gasteiger partial charge in [-0.2, -0.15) is 0 Å². The van der Waals surface area contributed by atoms with E-state index in [-0.39, 0.29) is 33.2 Å². The van der Waals surface area contributed by atoms with E-state index in [9.17, 15) is 9.59 Å². The molecular formula is C13H14Cl2N2O3. The molecule has 1 fully saturated rings. The average molecular weight is 317 g/mol. The van der Waals surface area contributed by atoms with E-state index < -0.39 is 5.97 Å². The Balaban J connectivity index is 2.23. The molecule has 1 heterocycles. The van der Waals surface area contributed by atoms with E-state index in [1.165, 1.54) is 12.1 Å². The van der Waals surface area contributed by atoms with E-state index in [0.29, 0.717) is 0 Å². The second-order valence-corrected chi connectivity index (χ2v) is 5.45. The van der Waals surface area contributed by atoms with Crippen molar-refractivity contribution >= 4 is 40.8 Å². The van der Waals surface area contributed by atoms with Crippen LogP contribution in [0.25, 0.3) is 0 Å². The largest absolute Gasteiger partial charge is 0.478 e. The van der Waals surface area contributed by atoms with Gasteiger partial charge in [-0.3, -0.25) is 4.79 Å². The van der Waals surface area contributed by atoms with Gasteiger partial charge in [0.1, 0.15) is 0 Å². The predicted octanol–water partition coefficient (Wildman–Crippen LogP) is 2.77. The molecule has 1 aliphatic rings. The molecule has 7 heteroatoms. The highest BCUT2D eigenvalue weighted by Gasteiger charge is 2.23. The molecule has 2 rings (SSSR count). The first kappa shape index (κ1) is 15.1. The fraction of sp³-hybridized carbons (Fsp3) is 0.385. The van der Waals surface area contributed by atoms with Crippen LogP contribution in [0.15, 0.2) is 12.1 Å². The van der Waals surface area contributed by atoms with Gasteiger partial charge in [-0.15, -0.1) is 0 Å². The number of carbonyl (C=O) groups is 2. The number of hydrogen-bond acceptors (Lipinski definition) is 3. The van der Waals surface area contributed by atoms with Crippen LogP contribution >= 0.6 is 23.2 Å². The summed E-state index contributed by atoms with van der Waals surface area (Å²) in [5.41, 5.74) is -0.0346. The SMILES string of the molecule is O=C(O)c1cc(Cl)cc(Cl)c1NC(=O)[C@@H]1CCCCN1. The molecule has 108 valence electrons. The Morgan fingerprint density at radius 1 is 1.30 bits per heavy atom. The van der Waals surface area contributed by atoms with Crippen LogP contribution in [-0.4, -0.2) is 29.6 Å². The Kier molecular flexibility index (Phi) is 4.86. The number of carboxylic acids is 1. The van der Waals surface area contributed by atoms with Crippen LogP contribution in [-0.2, 0) is 4.79 Å². The monoisotopic (exact) mass is 316 g/mol. The highest BCUT2D eigenvalue weighted by molar-refractivity contribution is 6.37. The molecule has 0 radical (unpaired) electrons. The highest BCUT2D eigenvalue weighted by atomic mass is 35.5. The Morgan fingerprint density at radius 2 is 2.05 bits per heavy atom. The Labute approximate surface area is 126 Å². The van der Waals surface area contributed by atoms with Crippen LogP contribution in [0.4, 0.5) is 5.69 Å². The van der Waals surface area contributed by atoms with Crippen LogP contribution < -0.4 is 10.6 Å². The van der Waals surface area contributed by atoms with Crippen molar-refractivity contribution in [3.63, 3.8) is 0 Å². The van der Waals surface area contributed by atoms with Crippen molar-refractivity contribution in [2.45, 2.75) is 25.3 Å². The van der Waals surface area contributed by atoms with Gasteiger partial charge in [-0.25, -0.2) is 4.79 Å². The quantitative estimate of drug-likeness (QED) is 0.801. The first-order chi connectivity index (χ1) is 9.49. The minimum Gasteiger partial charge on any atom is -0.478 e. The maximum atomic E-state index is 12.1. The molecule has 0 spiro atoms. The number of halogens is 2. The van der Waals surface area contributed by atoms with Crippen molar-refractivity contribution < 1.29 is 14.7 Å². The van der Waals surface area contributed by atoms with Crippen LogP contribution in [0.2, 0.25) is 10.0 Å². The Morgan fingerprint density at radius 3 is 2.65 bits per heavy atom. The first-order valence-electron chi connectivity index (χ1n) is 6.25. The maximum absolute atomic E-state index is 12.1. The lowest BCUT2D eigenvalue weighted by atomic mass is 10.0. The predicted molar refractivity (Wildman–Crippen MR) is 77.7 cm³/mol. The third-order valence-corrected chi connectivity index (χ3v) is 3.68. The fourth-order valence-electron chi connectivity index (χ4n) is 2.16. The van der Waals surface area contributed by atoms with Crippen molar-refractivity contribution in [3.8, 4) is 0 Å². The van der Waals surface area contributed by atoms with Gasteiger partial charge >= 0.3 is 5.97 Å². The van der Waals surface area contributed by atoms with Gasteiger partial charge in [0.25, 0.3) is 0 Å². The molecule has 5 nitrogen and oxygen atoms in total. The standard InChI is InChI=1S/C13H14Cl2N2O3/c14-7-5-8(13(19)20)11(9(15)6-7)17-12(18)10-3-1-2-4-16-10/h5-6,10,16H,1-4H2,(H,17,18)(H,19,20)/t10-/m0/s1. The summed E-state index contributed by atoms with van der Waals surface area (Å²) in [6, 6.07) is 2.34.